The Morgan fingerprint density at radius 3 is 2.62 bits per heavy atom. The summed E-state index contributed by atoms with van der Waals surface area (Å²) in [6, 6.07) is 2.13. The molecule has 0 aliphatic rings. The zero-order valence-electron chi connectivity index (χ0n) is 16.2. The number of aryl methyl sites for hydroxylation is 2. The number of guanidine groups is 1. The van der Waals surface area contributed by atoms with Crippen LogP contribution in [0, 0.1) is 6.92 Å². The predicted octanol–water partition coefficient (Wildman–Crippen LogP) is 3.22. The number of hydrogen-bond acceptors (Lipinski definition) is 3. The van der Waals surface area contributed by atoms with Gasteiger partial charge in [-0.1, -0.05) is 13.3 Å². The second-order valence-corrected chi connectivity index (χ2v) is 7.17. The van der Waals surface area contributed by atoms with E-state index in [-0.39, 0.29) is 24.0 Å². The van der Waals surface area contributed by atoms with E-state index >= 15 is 0 Å². The van der Waals surface area contributed by atoms with Gasteiger partial charge < -0.3 is 19.4 Å². The first-order valence-corrected chi connectivity index (χ1v) is 9.36. The minimum absolute atomic E-state index is 0. The Morgan fingerprint density at radius 1 is 1.35 bits per heavy atom. The summed E-state index contributed by atoms with van der Waals surface area (Å²) in [4.78, 5) is 6.90. The number of nitrogens with zero attached hydrogens (tertiary/aromatic N) is 6. The lowest BCUT2D eigenvalue weighted by molar-refractivity contribution is 0.458. The van der Waals surface area contributed by atoms with Crippen LogP contribution in [0.5, 0.6) is 0 Å². The highest BCUT2D eigenvalue weighted by molar-refractivity contribution is 14.0. The Labute approximate surface area is 181 Å². The zero-order valence-corrected chi connectivity index (χ0v) is 20.1. The third-order valence-corrected chi connectivity index (χ3v) is 4.64. The summed E-state index contributed by atoms with van der Waals surface area (Å²) in [5, 5.41) is 11.8. The van der Waals surface area contributed by atoms with Gasteiger partial charge in [-0.15, -0.1) is 34.2 Å². The van der Waals surface area contributed by atoms with Gasteiger partial charge in [0, 0.05) is 44.1 Å². The summed E-state index contributed by atoms with van der Waals surface area (Å²) in [6.45, 7) is 6.32. The highest BCUT2D eigenvalue weighted by atomic mass is 127. The molecule has 0 fully saturated rings. The lowest BCUT2D eigenvalue weighted by Gasteiger charge is -2.22. The monoisotopic (exact) mass is 537 g/mol. The number of unbranched alkanes of at least 4 members (excludes halogenated alkanes) is 1. The highest BCUT2D eigenvalue weighted by Gasteiger charge is 2.11. The standard InChI is InChI=1S/C17H28BrN7.HI/c1-6-7-8-19-17(20-10-16-22-21-13(2)25(16)5)24(4)12-15-9-14(18)11-23(15)3;/h9,11H,6-8,10,12H2,1-5H3,(H,19,20);1H. The van der Waals surface area contributed by atoms with Gasteiger partial charge >= 0.3 is 0 Å². The van der Waals surface area contributed by atoms with Gasteiger partial charge in [-0.3, -0.25) is 0 Å². The van der Waals surface area contributed by atoms with Crippen molar-refractivity contribution in [2.75, 3.05) is 13.6 Å². The third kappa shape index (κ3) is 6.26. The summed E-state index contributed by atoms with van der Waals surface area (Å²) in [5.74, 6) is 2.64. The molecule has 0 spiro atoms. The lowest BCUT2D eigenvalue weighted by atomic mass is 10.3. The first-order valence-electron chi connectivity index (χ1n) is 8.57. The van der Waals surface area contributed by atoms with E-state index in [4.69, 9.17) is 4.99 Å². The lowest BCUT2D eigenvalue weighted by Crippen LogP contribution is -2.39. The first-order chi connectivity index (χ1) is 11.9. The van der Waals surface area contributed by atoms with Crippen molar-refractivity contribution in [1.82, 2.24) is 29.5 Å². The number of nitrogens with one attached hydrogen (secondary N) is 1. The molecule has 26 heavy (non-hydrogen) atoms. The Balaban J connectivity index is 0.00000338. The van der Waals surface area contributed by atoms with Crippen LogP contribution in [0.15, 0.2) is 21.7 Å². The maximum atomic E-state index is 4.76. The topological polar surface area (TPSA) is 63.3 Å². The van der Waals surface area contributed by atoms with Crippen LogP contribution < -0.4 is 5.32 Å². The van der Waals surface area contributed by atoms with E-state index in [1.54, 1.807) is 0 Å². The molecule has 0 atom stereocenters. The van der Waals surface area contributed by atoms with Crippen LogP contribution in [0.1, 0.15) is 37.1 Å². The molecular formula is C17H29BrIN7. The number of aliphatic imine (C=N–C) groups is 1. The fraction of sp³-hybridized carbons (Fsp3) is 0.588. The van der Waals surface area contributed by atoms with Gasteiger partial charge in [0.1, 0.15) is 12.4 Å². The molecule has 0 saturated heterocycles. The molecule has 2 aromatic heterocycles. The summed E-state index contributed by atoms with van der Waals surface area (Å²) in [5.41, 5.74) is 1.22. The zero-order chi connectivity index (χ0) is 18.4. The van der Waals surface area contributed by atoms with E-state index in [0.29, 0.717) is 6.54 Å². The SMILES string of the molecule is CCCCNC(=NCc1nnc(C)n1C)N(C)Cc1cc(Br)cn1C.I. The van der Waals surface area contributed by atoms with Crippen LogP contribution in [0.2, 0.25) is 0 Å². The fourth-order valence-corrected chi connectivity index (χ4v) is 3.04. The molecule has 9 heteroatoms. The molecule has 0 radical (unpaired) electrons. The van der Waals surface area contributed by atoms with E-state index in [1.807, 2.05) is 18.5 Å². The van der Waals surface area contributed by atoms with Crippen molar-refractivity contribution in [1.29, 1.82) is 0 Å². The summed E-state index contributed by atoms with van der Waals surface area (Å²) in [6.07, 6.45) is 4.33. The van der Waals surface area contributed by atoms with Crippen molar-refractivity contribution < 1.29 is 0 Å². The van der Waals surface area contributed by atoms with E-state index in [1.165, 1.54) is 5.69 Å². The van der Waals surface area contributed by atoms with Crippen LogP contribution in [0.4, 0.5) is 0 Å². The molecule has 1 N–H and O–H groups in total. The van der Waals surface area contributed by atoms with Crippen LogP contribution >= 0.6 is 39.9 Å². The number of aromatic nitrogens is 4. The minimum atomic E-state index is 0. The average molecular weight is 538 g/mol. The molecule has 0 bridgehead atoms. The van der Waals surface area contributed by atoms with Gasteiger partial charge in [-0.25, -0.2) is 4.99 Å². The number of hydrogen-bond donors (Lipinski definition) is 1. The van der Waals surface area contributed by atoms with Gasteiger partial charge in [0.15, 0.2) is 11.8 Å². The normalized spacial score (nSPS) is 11.4. The quantitative estimate of drug-likeness (QED) is 0.255. The Bertz CT molecular complexity index is 723. The van der Waals surface area contributed by atoms with Gasteiger partial charge in [0.2, 0.25) is 0 Å². The second-order valence-electron chi connectivity index (χ2n) is 6.26. The molecule has 0 aromatic carbocycles. The largest absolute Gasteiger partial charge is 0.356 e. The molecule has 146 valence electrons. The molecule has 0 aliphatic heterocycles. The summed E-state index contributed by atoms with van der Waals surface area (Å²) >= 11 is 3.53. The molecule has 7 nitrogen and oxygen atoms in total. The second kappa shape index (κ2) is 10.9. The van der Waals surface area contributed by atoms with Crippen molar-refractivity contribution in [3.8, 4) is 0 Å². The highest BCUT2D eigenvalue weighted by Crippen LogP contribution is 2.15. The van der Waals surface area contributed by atoms with Crippen LogP contribution in [0.3, 0.4) is 0 Å². The van der Waals surface area contributed by atoms with Gasteiger partial charge in [-0.05, 0) is 35.3 Å². The molecule has 0 saturated carbocycles. The van der Waals surface area contributed by atoms with Gasteiger partial charge in [-0.2, -0.15) is 0 Å². The number of rotatable bonds is 7. The van der Waals surface area contributed by atoms with E-state index < -0.39 is 0 Å². The average Bonchev–Trinajstić information content (AvgIpc) is 3.05. The first kappa shape index (κ1) is 22.9. The summed E-state index contributed by atoms with van der Waals surface area (Å²) in [7, 11) is 6.08. The smallest absolute Gasteiger partial charge is 0.194 e. The molecule has 2 aromatic rings. The van der Waals surface area contributed by atoms with Crippen LogP contribution in [-0.4, -0.2) is 43.8 Å². The Hall–Kier alpha value is -1.10. The molecule has 0 amide bonds. The van der Waals surface area contributed by atoms with E-state index in [9.17, 15) is 0 Å². The summed E-state index contributed by atoms with van der Waals surface area (Å²) < 4.78 is 5.18. The van der Waals surface area contributed by atoms with Crippen LogP contribution in [-0.2, 0) is 27.2 Å². The third-order valence-electron chi connectivity index (χ3n) is 4.20. The number of halogens is 2. The van der Waals surface area contributed by atoms with Crippen molar-refractivity contribution in [2.45, 2.75) is 39.8 Å². The van der Waals surface area contributed by atoms with Crippen molar-refractivity contribution >= 4 is 45.9 Å². The van der Waals surface area contributed by atoms with Gasteiger partial charge in [0.05, 0.1) is 6.54 Å². The fourth-order valence-electron chi connectivity index (χ4n) is 2.46. The van der Waals surface area contributed by atoms with Crippen LogP contribution in [0.25, 0.3) is 0 Å². The maximum absolute atomic E-state index is 4.76. The molecule has 2 heterocycles. The molecule has 0 unspecified atom stereocenters. The molecule has 0 aliphatic carbocycles. The maximum Gasteiger partial charge on any atom is 0.194 e. The Morgan fingerprint density at radius 2 is 2.08 bits per heavy atom. The van der Waals surface area contributed by atoms with Crippen molar-refractivity contribution in [2.24, 2.45) is 19.1 Å². The van der Waals surface area contributed by atoms with E-state index in [2.05, 4.69) is 74.2 Å². The van der Waals surface area contributed by atoms with Crippen molar-refractivity contribution in [3.63, 3.8) is 0 Å². The Kier molecular flexibility index (Phi) is 9.62. The minimum Gasteiger partial charge on any atom is -0.356 e. The van der Waals surface area contributed by atoms with Crippen molar-refractivity contribution in [3.05, 3.63) is 34.1 Å². The van der Waals surface area contributed by atoms with Gasteiger partial charge in [0.25, 0.3) is 0 Å². The molecular weight excluding hydrogens is 509 g/mol. The predicted molar refractivity (Wildman–Crippen MR) is 120 cm³/mol. The molecule has 2 rings (SSSR count). The van der Waals surface area contributed by atoms with E-state index in [0.717, 1.165) is 48.0 Å².